The van der Waals surface area contributed by atoms with Crippen LogP contribution < -0.4 is 14.8 Å². The van der Waals surface area contributed by atoms with Gasteiger partial charge in [-0.05, 0) is 62.1 Å². The maximum Gasteiger partial charge on any atom is 0.242 e. The summed E-state index contributed by atoms with van der Waals surface area (Å²) in [6, 6.07) is 13.1. The number of hydrogen-bond donors (Lipinski definition) is 1. The second kappa shape index (κ2) is 11.4. The monoisotopic (exact) mass is 502 g/mol. The summed E-state index contributed by atoms with van der Waals surface area (Å²) in [4.78, 5) is 27.7. The quantitative estimate of drug-likeness (QED) is 0.548. The van der Waals surface area contributed by atoms with Crippen LogP contribution in [0.1, 0.15) is 44.7 Å². The molecule has 2 aromatic carbocycles. The van der Waals surface area contributed by atoms with Crippen molar-refractivity contribution in [2.45, 2.75) is 58.7 Å². The molecule has 0 bridgehead atoms. The van der Waals surface area contributed by atoms with E-state index < -0.39 is 6.04 Å². The molecule has 2 amide bonds. The summed E-state index contributed by atoms with van der Waals surface area (Å²) in [5.74, 6) is 1.25. The Kier molecular flexibility index (Phi) is 8.56. The zero-order chi connectivity index (χ0) is 23.1. The van der Waals surface area contributed by atoms with Crippen LogP contribution in [0.25, 0.3) is 0 Å². The van der Waals surface area contributed by atoms with Gasteiger partial charge in [-0.3, -0.25) is 9.59 Å². The summed E-state index contributed by atoms with van der Waals surface area (Å²) < 4.78 is 12.2. The third-order valence-electron chi connectivity index (χ3n) is 5.64. The first-order chi connectivity index (χ1) is 15.4. The van der Waals surface area contributed by atoms with Gasteiger partial charge in [0.2, 0.25) is 11.8 Å². The molecular formula is C25H31BrN2O4. The van der Waals surface area contributed by atoms with E-state index in [1.54, 1.807) is 11.8 Å². The zero-order valence-corrected chi connectivity index (χ0v) is 20.5. The number of rotatable bonds is 9. The molecule has 172 valence electrons. The molecule has 7 heteroatoms. The van der Waals surface area contributed by atoms with Gasteiger partial charge in [0.25, 0.3) is 0 Å². The largest absolute Gasteiger partial charge is 0.486 e. The second-order valence-corrected chi connectivity index (χ2v) is 9.04. The summed E-state index contributed by atoms with van der Waals surface area (Å²) in [6.45, 7) is 7.22. The van der Waals surface area contributed by atoms with Crippen LogP contribution in [-0.2, 0) is 22.6 Å². The molecule has 3 rings (SSSR count). The predicted octanol–water partition coefficient (Wildman–Crippen LogP) is 4.48. The minimum Gasteiger partial charge on any atom is -0.486 e. The first-order valence-corrected chi connectivity index (χ1v) is 11.9. The number of nitrogens with zero attached hydrogens (tertiary/aromatic N) is 1. The molecule has 0 spiro atoms. The molecule has 1 N–H and O–H groups in total. The molecule has 32 heavy (non-hydrogen) atoms. The average Bonchev–Trinajstić information content (AvgIpc) is 2.80. The van der Waals surface area contributed by atoms with E-state index in [-0.39, 0.29) is 17.9 Å². The molecule has 0 saturated heterocycles. The number of carbonyl (C=O) groups excluding carboxylic acids is 2. The molecule has 1 aliphatic heterocycles. The Balaban J connectivity index is 1.72. The van der Waals surface area contributed by atoms with E-state index in [0.717, 1.165) is 27.8 Å². The van der Waals surface area contributed by atoms with Gasteiger partial charge >= 0.3 is 0 Å². The molecule has 0 aliphatic carbocycles. The minimum atomic E-state index is -0.573. The van der Waals surface area contributed by atoms with E-state index in [2.05, 4.69) is 21.2 Å². The smallest absolute Gasteiger partial charge is 0.242 e. The standard InChI is InChI=1S/C25H31BrN2O4/c1-4-17(2)27-25(30)18(3)28(16-20-6-5-7-21(26)14-20)24(29)11-9-19-8-10-22-23(15-19)32-13-12-31-22/h5-8,10,14-15,17-18H,4,9,11-13,16H2,1-3H3,(H,27,30)/t17-,18-/m1/s1. The number of nitrogens with one attached hydrogen (secondary N) is 1. The fraction of sp³-hybridized carbons (Fsp3) is 0.440. The van der Waals surface area contributed by atoms with Crippen LogP contribution in [0.3, 0.4) is 0 Å². The van der Waals surface area contributed by atoms with Crippen molar-refractivity contribution in [1.29, 1.82) is 0 Å². The third kappa shape index (κ3) is 6.48. The Hall–Kier alpha value is -2.54. The van der Waals surface area contributed by atoms with Crippen molar-refractivity contribution >= 4 is 27.7 Å². The van der Waals surface area contributed by atoms with Crippen LogP contribution in [0.4, 0.5) is 0 Å². The normalized spacial score (nSPS) is 14.4. The van der Waals surface area contributed by atoms with Gasteiger partial charge in [0.05, 0.1) is 0 Å². The number of fused-ring (bicyclic) bond motifs is 1. The Morgan fingerprint density at radius 2 is 1.81 bits per heavy atom. The molecule has 2 aromatic rings. The Morgan fingerprint density at radius 3 is 2.53 bits per heavy atom. The summed E-state index contributed by atoms with van der Waals surface area (Å²) in [5, 5.41) is 3.00. The lowest BCUT2D eigenvalue weighted by atomic mass is 10.1. The highest BCUT2D eigenvalue weighted by Gasteiger charge is 2.26. The average molecular weight is 503 g/mol. The van der Waals surface area contributed by atoms with E-state index in [1.807, 2.05) is 56.3 Å². The minimum absolute atomic E-state index is 0.0606. The number of halogens is 1. The summed E-state index contributed by atoms with van der Waals surface area (Å²) in [5.41, 5.74) is 1.97. The van der Waals surface area contributed by atoms with Crippen molar-refractivity contribution in [3.05, 3.63) is 58.1 Å². The van der Waals surface area contributed by atoms with Gasteiger partial charge in [0.15, 0.2) is 11.5 Å². The van der Waals surface area contributed by atoms with Crippen LogP contribution in [0.15, 0.2) is 46.9 Å². The lowest BCUT2D eigenvalue weighted by molar-refractivity contribution is -0.140. The molecule has 2 atom stereocenters. The van der Waals surface area contributed by atoms with Gasteiger partial charge in [0.1, 0.15) is 19.3 Å². The molecule has 0 saturated carbocycles. The SMILES string of the molecule is CC[C@@H](C)NC(=O)[C@@H](C)N(Cc1cccc(Br)c1)C(=O)CCc1ccc2c(c1)OCCO2. The van der Waals surface area contributed by atoms with Crippen molar-refractivity contribution in [3.8, 4) is 11.5 Å². The van der Waals surface area contributed by atoms with Crippen LogP contribution in [0, 0.1) is 0 Å². The molecule has 0 fully saturated rings. The molecule has 6 nitrogen and oxygen atoms in total. The summed E-state index contributed by atoms with van der Waals surface area (Å²) in [6.07, 6.45) is 1.70. The summed E-state index contributed by atoms with van der Waals surface area (Å²) in [7, 11) is 0. The number of aryl methyl sites for hydroxylation is 1. The van der Waals surface area contributed by atoms with Gasteiger partial charge in [0, 0.05) is 23.5 Å². The van der Waals surface area contributed by atoms with Crippen molar-refractivity contribution in [1.82, 2.24) is 10.2 Å². The number of amides is 2. The van der Waals surface area contributed by atoms with E-state index >= 15 is 0 Å². The van der Waals surface area contributed by atoms with Crippen LogP contribution in [0.5, 0.6) is 11.5 Å². The maximum absolute atomic E-state index is 13.3. The number of carbonyl (C=O) groups is 2. The number of hydrogen-bond acceptors (Lipinski definition) is 4. The zero-order valence-electron chi connectivity index (χ0n) is 18.9. The molecule has 1 heterocycles. The third-order valence-corrected chi connectivity index (χ3v) is 6.14. The number of benzene rings is 2. The van der Waals surface area contributed by atoms with Gasteiger partial charge < -0.3 is 19.7 Å². The highest BCUT2D eigenvalue weighted by atomic mass is 79.9. The van der Waals surface area contributed by atoms with E-state index in [0.29, 0.717) is 38.3 Å². The van der Waals surface area contributed by atoms with Gasteiger partial charge in [-0.25, -0.2) is 0 Å². The van der Waals surface area contributed by atoms with Gasteiger partial charge in [-0.2, -0.15) is 0 Å². The lowest BCUT2D eigenvalue weighted by Crippen LogP contribution is -2.49. The van der Waals surface area contributed by atoms with Crippen molar-refractivity contribution in [2.75, 3.05) is 13.2 Å². The van der Waals surface area contributed by atoms with Crippen LogP contribution >= 0.6 is 15.9 Å². The van der Waals surface area contributed by atoms with Crippen molar-refractivity contribution < 1.29 is 19.1 Å². The molecule has 0 aromatic heterocycles. The van der Waals surface area contributed by atoms with Crippen molar-refractivity contribution in [2.24, 2.45) is 0 Å². The molecular weight excluding hydrogens is 472 g/mol. The first kappa shape index (κ1) is 24.1. The Morgan fingerprint density at radius 1 is 1.06 bits per heavy atom. The van der Waals surface area contributed by atoms with E-state index in [1.165, 1.54) is 0 Å². The van der Waals surface area contributed by atoms with Gasteiger partial charge in [-0.1, -0.05) is 41.1 Å². The Labute approximate surface area is 198 Å². The highest BCUT2D eigenvalue weighted by Crippen LogP contribution is 2.31. The fourth-order valence-corrected chi connectivity index (χ4v) is 3.96. The van der Waals surface area contributed by atoms with Gasteiger partial charge in [-0.15, -0.1) is 0 Å². The Bertz CT molecular complexity index is 949. The second-order valence-electron chi connectivity index (χ2n) is 8.12. The van der Waals surface area contributed by atoms with Crippen molar-refractivity contribution in [3.63, 3.8) is 0 Å². The highest BCUT2D eigenvalue weighted by molar-refractivity contribution is 9.10. The molecule has 1 aliphatic rings. The molecule has 0 unspecified atom stereocenters. The van der Waals surface area contributed by atoms with E-state index in [9.17, 15) is 9.59 Å². The topological polar surface area (TPSA) is 67.9 Å². The first-order valence-electron chi connectivity index (χ1n) is 11.1. The van der Waals surface area contributed by atoms with Crippen LogP contribution in [-0.4, -0.2) is 42.0 Å². The summed E-state index contributed by atoms with van der Waals surface area (Å²) >= 11 is 3.48. The fourth-order valence-electron chi connectivity index (χ4n) is 3.52. The van der Waals surface area contributed by atoms with Crippen LogP contribution in [0.2, 0.25) is 0 Å². The predicted molar refractivity (Wildman–Crippen MR) is 128 cm³/mol. The number of ether oxygens (including phenoxy) is 2. The maximum atomic E-state index is 13.3. The lowest BCUT2D eigenvalue weighted by Gasteiger charge is -2.30. The molecule has 0 radical (unpaired) electrons. The van der Waals surface area contributed by atoms with E-state index in [4.69, 9.17) is 9.47 Å².